The van der Waals surface area contributed by atoms with Crippen LogP contribution in [0.25, 0.3) is 0 Å². The molecule has 3 nitrogen and oxygen atoms in total. The van der Waals surface area contributed by atoms with Gasteiger partial charge in [0.25, 0.3) is 5.91 Å². The van der Waals surface area contributed by atoms with Gasteiger partial charge in [-0.3, -0.25) is 4.79 Å². The van der Waals surface area contributed by atoms with Gasteiger partial charge in [-0.15, -0.1) is 0 Å². The smallest absolute Gasteiger partial charge is 0.321 e. The van der Waals surface area contributed by atoms with Crippen molar-refractivity contribution in [2.24, 2.45) is 0 Å². The SMILES string of the molecule is Cc1ccc(Br)c(C(=O)Nc2ccc(C(F)(F)F)nc2)c1. The molecule has 1 N–H and O–H groups in total. The number of rotatable bonds is 2. The Morgan fingerprint density at radius 2 is 1.95 bits per heavy atom. The maximum atomic E-state index is 12.4. The zero-order valence-corrected chi connectivity index (χ0v) is 12.4. The first-order valence-corrected chi connectivity index (χ1v) is 6.67. The van der Waals surface area contributed by atoms with Crippen LogP contribution in [0, 0.1) is 6.92 Å². The first-order valence-electron chi connectivity index (χ1n) is 5.88. The molecule has 2 rings (SSSR count). The summed E-state index contributed by atoms with van der Waals surface area (Å²) >= 11 is 3.26. The molecule has 2 aromatic rings. The van der Waals surface area contributed by atoms with Crippen LogP contribution in [-0.4, -0.2) is 10.9 Å². The Kier molecular flexibility index (Phi) is 4.32. The third-order valence-corrected chi connectivity index (χ3v) is 3.37. The molecule has 0 saturated carbocycles. The van der Waals surface area contributed by atoms with Crippen LogP contribution < -0.4 is 5.32 Å². The van der Waals surface area contributed by atoms with Crippen LogP contribution in [0.5, 0.6) is 0 Å². The number of hydrogen-bond acceptors (Lipinski definition) is 2. The van der Waals surface area contributed by atoms with Gasteiger partial charge in [-0.25, -0.2) is 4.98 Å². The molecule has 1 aromatic heterocycles. The molecule has 0 atom stereocenters. The Balaban J connectivity index is 2.18. The summed E-state index contributed by atoms with van der Waals surface area (Å²) in [6.07, 6.45) is -3.52. The molecule has 1 heterocycles. The Hall–Kier alpha value is -1.89. The van der Waals surface area contributed by atoms with Crippen LogP contribution >= 0.6 is 15.9 Å². The fourth-order valence-electron chi connectivity index (χ4n) is 1.65. The summed E-state index contributed by atoms with van der Waals surface area (Å²) in [5.41, 5.74) is 0.488. The van der Waals surface area contributed by atoms with Crippen molar-refractivity contribution in [1.82, 2.24) is 4.98 Å². The minimum absolute atomic E-state index is 0.196. The molecular weight excluding hydrogens is 349 g/mol. The second-order valence-corrected chi connectivity index (χ2v) is 5.22. The highest BCUT2D eigenvalue weighted by Crippen LogP contribution is 2.28. The van der Waals surface area contributed by atoms with Gasteiger partial charge in [-0.05, 0) is 47.1 Å². The van der Waals surface area contributed by atoms with Crippen LogP contribution in [0.15, 0.2) is 41.0 Å². The van der Waals surface area contributed by atoms with Crippen LogP contribution in [0.3, 0.4) is 0 Å². The number of hydrogen-bond donors (Lipinski definition) is 1. The van der Waals surface area contributed by atoms with E-state index in [9.17, 15) is 18.0 Å². The number of anilines is 1. The van der Waals surface area contributed by atoms with Gasteiger partial charge in [0.1, 0.15) is 5.69 Å². The van der Waals surface area contributed by atoms with Gasteiger partial charge >= 0.3 is 6.18 Å². The minimum atomic E-state index is -4.50. The molecule has 1 amide bonds. The lowest BCUT2D eigenvalue weighted by atomic mass is 10.1. The fourth-order valence-corrected chi connectivity index (χ4v) is 2.07. The molecule has 7 heteroatoms. The fraction of sp³-hybridized carbons (Fsp3) is 0.143. The highest BCUT2D eigenvalue weighted by atomic mass is 79.9. The number of nitrogens with zero attached hydrogens (tertiary/aromatic N) is 1. The average molecular weight is 359 g/mol. The molecule has 0 aliphatic rings. The monoisotopic (exact) mass is 358 g/mol. The topological polar surface area (TPSA) is 42.0 Å². The molecular formula is C14H10BrF3N2O. The van der Waals surface area contributed by atoms with Crippen LogP contribution in [0.4, 0.5) is 18.9 Å². The molecule has 1 aromatic carbocycles. The lowest BCUT2D eigenvalue weighted by Gasteiger charge is -2.09. The van der Waals surface area contributed by atoms with Crippen molar-refractivity contribution >= 4 is 27.5 Å². The van der Waals surface area contributed by atoms with Crippen LogP contribution in [-0.2, 0) is 6.18 Å². The van der Waals surface area contributed by atoms with Crippen molar-refractivity contribution in [2.45, 2.75) is 13.1 Å². The van der Waals surface area contributed by atoms with E-state index in [0.29, 0.717) is 10.0 Å². The molecule has 21 heavy (non-hydrogen) atoms. The quantitative estimate of drug-likeness (QED) is 0.862. The molecule has 0 bridgehead atoms. The van der Waals surface area contributed by atoms with E-state index in [1.807, 2.05) is 13.0 Å². The molecule has 0 fully saturated rings. The number of carbonyl (C=O) groups is 1. The maximum absolute atomic E-state index is 12.4. The van der Waals surface area contributed by atoms with Crippen molar-refractivity contribution < 1.29 is 18.0 Å². The van der Waals surface area contributed by atoms with E-state index < -0.39 is 17.8 Å². The highest BCUT2D eigenvalue weighted by molar-refractivity contribution is 9.10. The van der Waals surface area contributed by atoms with E-state index in [-0.39, 0.29) is 5.69 Å². The molecule has 0 radical (unpaired) electrons. The number of alkyl halides is 3. The summed E-state index contributed by atoms with van der Waals surface area (Å²) in [6.45, 7) is 1.84. The minimum Gasteiger partial charge on any atom is -0.321 e. The number of benzene rings is 1. The van der Waals surface area contributed by atoms with Gasteiger partial charge in [-0.1, -0.05) is 11.6 Å². The van der Waals surface area contributed by atoms with E-state index in [1.165, 1.54) is 0 Å². The molecule has 0 aliphatic carbocycles. The Morgan fingerprint density at radius 1 is 1.24 bits per heavy atom. The second-order valence-electron chi connectivity index (χ2n) is 4.37. The summed E-state index contributed by atoms with van der Waals surface area (Å²) < 4.78 is 37.8. The number of aryl methyl sites for hydroxylation is 1. The molecule has 0 saturated heterocycles. The number of nitrogens with one attached hydrogen (secondary N) is 1. The Morgan fingerprint density at radius 3 is 2.52 bits per heavy atom. The summed E-state index contributed by atoms with van der Waals surface area (Å²) in [7, 11) is 0. The van der Waals surface area contributed by atoms with Crippen molar-refractivity contribution in [3.05, 3.63) is 57.8 Å². The maximum Gasteiger partial charge on any atom is 0.433 e. The first-order chi connectivity index (χ1) is 9.77. The summed E-state index contributed by atoms with van der Waals surface area (Å²) in [5.74, 6) is -0.424. The van der Waals surface area contributed by atoms with E-state index in [0.717, 1.165) is 23.9 Å². The predicted octanol–water partition coefficient (Wildman–Crippen LogP) is 4.42. The number of halogens is 4. The van der Waals surface area contributed by atoms with Gasteiger partial charge in [-0.2, -0.15) is 13.2 Å². The third-order valence-electron chi connectivity index (χ3n) is 2.68. The van der Waals surface area contributed by atoms with Gasteiger partial charge in [0, 0.05) is 4.47 Å². The lowest BCUT2D eigenvalue weighted by Crippen LogP contribution is -2.14. The number of aromatic nitrogens is 1. The number of pyridine rings is 1. The molecule has 0 spiro atoms. The largest absolute Gasteiger partial charge is 0.433 e. The highest BCUT2D eigenvalue weighted by Gasteiger charge is 2.32. The van der Waals surface area contributed by atoms with Crippen LogP contribution in [0.2, 0.25) is 0 Å². The van der Waals surface area contributed by atoms with Crippen molar-refractivity contribution in [3.8, 4) is 0 Å². The van der Waals surface area contributed by atoms with Crippen molar-refractivity contribution in [1.29, 1.82) is 0 Å². The zero-order chi connectivity index (χ0) is 15.6. The summed E-state index contributed by atoms with van der Waals surface area (Å²) in [6, 6.07) is 7.23. The van der Waals surface area contributed by atoms with E-state index in [2.05, 4.69) is 26.2 Å². The van der Waals surface area contributed by atoms with Crippen LogP contribution in [0.1, 0.15) is 21.6 Å². The van der Waals surface area contributed by atoms with Gasteiger partial charge < -0.3 is 5.32 Å². The van der Waals surface area contributed by atoms with Crippen molar-refractivity contribution in [3.63, 3.8) is 0 Å². The summed E-state index contributed by atoms with van der Waals surface area (Å²) in [5, 5.41) is 2.51. The zero-order valence-electron chi connectivity index (χ0n) is 10.8. The van der Waals surface area contributed by atoms with Crippen molar-refractivity contribution in [2.75, 3.05) is 5.32 Å². The van der Waals surface area contributed by atoms with E-state index in [4.69, 9.17) is 0 Å². The number of amides is 1. The second kappa shape index (κ2) is 5.85. The first kappa shape index (κ1) is 15.5. The molecule has 110 valence electrons. The predicted molar refractivity (Wildman–Crippen MR) is 76.1 cm³/mol. The Bertz CT molecular complexity index is 669. The average Bonchev–Trinajstić information content (AvgIpc) is 2.41. The van der Waals surface area contributed by atoms with E-state index in [1.54, 1.807) is 12.1 Å². The summed E-state index contributed by atoms with van der Waals surface area (Å²) in [4.78, 5) is 15.4. The van der Waals surface area contributed by atoms with Gasteiger partial charge in [0.15, 0.2) is 0 Å². The Labute approximate surface area is 127 Å². The van der Waals surface area contributed by atoms with Gasteiger partial charge in [0.05, 0.1) is 17.4 Å². The molecule has 0 unspecified atom stereocenters. The normalized spacial score (nSPS) is 11.3. The third kappa shape index (κ3) is 3.81. The number of carbonyl (C=O) groups excluding carboxylic acids is 1. The lowest BCUT2D eigenvalue weighted by molar-refractivity contribution is -0.141. The van der Waals surface area contributed by atoms with Gasteiger partial charge in [0.2, 0.25) is 0 Å². The standard InChI is InChI=1S/C14H10BrF3N2O/c1-8-2-4-11(15)10(6-8)13(21)20-9-3-5-12(19-7-9)14(16,17)18/h2-7H,1H3,(H,20,21). The molecule has 0 aliphatic heterocycles. The van der Waals surface area contributed by atoms with E-state index >= 15 is 0 Å².